The number of carbonyl (C=O) groups is 1. The van der Waals surface area contributed by atoms with Crippen LogP contribution in [0, 0.1) is 0 Å². The molecule has 0 aromatic heterocycles. The number of rotatable bonds is 3. The van der Waals surface area contributed by atoms with Gasteiger partial charge in [-0.05, 0) is 59.3 Å². The third-order valence-electron chi connectivity index (χ3n) is 4.34. The van der Waals surface area contributed by atoms with Crippen LogP contribution in [0.15, 0.2) is 0 Å². The molecule has 1 saturated carbocycles. The molecule has 1 aliphatic heterocycles. The summed E-state index contributed by atoms with van der Waals surface area (Å²) in [6.07, 6.45) is 5.62. The Balaban J connectivity index is 1.78. The van der Waals surface area contributed by atoms with Crippen molar-refractivity contribution in [1.29, 1.82) is 0 Å². The number of hydrogen-bond donors (Lipinski definition) is 2. The number of carbonyl (C=O) groups excluding carboxylic acids is 1. The van der Waals surface area contributed by atoms with Gasteiger partial charge in [-0.15, -0.1) is 0 Å². The number of hydrogen-bond acceptors (Lipinski definition) is 4. The molecule has 2 rings (SSSR count). The molecule has 1 atom stereocenters. The van der Waals surface area contributed by atoms with Crippen molar-refractivity contribution in [2.75, 3.05) is 13.1 Å². The largest absolute Gasteiger partial charge is 0.444 e. The molecule has 1 aliphatic carbocycles. The van der Waals surface area contributed by atoms with Gasteiger partial charge in [-0.1, -0.05) is 0 Å². The lowest BCUT2D eigenvalue weighted by Crippen LogP contribution is -2.46. The van der Waals surface area contributed by atoms with E-state index in [4.69, 9.17) is 4.74 Å². The summed E-state index contributed by atoms with van der Waals surface area (Å²) in [6, 6.07) is 0.723. The molecule has 0 bridgehead atoms. The first-order valence-corrected chi connectivity index (χ1v) is 8.26. The number of nitrogens with one attached hydrogen (secondary N) is 1. The zero-order valence-electron chi connectivity index (χ0n) is 13.6. The summed E-state index contributed by atoms with van der Waals surface area (Å²) in [6.45, 7) is 7.34. The maximum Gasteiger partial charge on any atom is 0.410 e. The van der Waals surface area contributed by atoms with E-state index in [1.54, 1.807) is 0 Å². The van der Waals surface area contributed by atoms with Crippen LogP contribution in [0.1, 0.15) is 59.3 Å². The van der Waals surface area contributed by atoms with E-state index in [0.29, 0.717) is 6.04 Å². The molecule has 2 N–H and O–H groups in total. The monoisotopic (exact) mass is 298 g/mol. The summed E-state index contributed by atoms with van der Waals surface area (Å²) in [4.78, 5) is 14.1. The van der Waals surface area contributed by atoms with Gasteiger partial charge < -0.3 is 20.1 Å². The molecule has 1 saturated heterocycles. The summed E-state index contributed by atoms with van der Waals surface area (Å²) < 4.78 is 5.48. The molecule has 21 heavy (non-hydrogen) atoms. The topological polar surface area (TPSA) is 61.8 Å². The Labute approximate surface area is 128 Å². The minimum absolute atomic E-state index is 0.118. The molecule has 1 heterocycles. The Bertz CT molecular complexity index is 346. The van der Waals surface area contributed by atoms with Crippen LogP contribution in [-0.2, 0) is 4.74 Å². The van der Waals surface area contributed by atoms with Crippen LogP contribution >= 0.6 is 0 Å². The van der Waals surface area contributed by atoms with Gasteiger partial charge >= 0.3 is 6.09 Å². The van der Waals surface area contributed by atoms with Gasteiger partial charge in [-0.2, -0.15) is 0 Å². The summed E-state index contributed by atoms with van der Waals surface area (Å²) in [5.41, 5.74) is -0.433. The SMILES string of the molecule is CC(C)(C)OC(=O)N1CCCC1CNC1CCC(O)CC1. The average molecular weight is 298 g/mol. The van der Waals surface area contributed by atoms with Gasteiger partial charge in [0.05, 0.1) is 6.10 Å². The van der Waals surface area contributed by atoms with E-state index < -0.39 is 5.60 Å². The summed E-state index contributed by atoms with van der Waals surface area (Å²) in [7, 11) is 0. The molecule has 1 unspecified atom stereocenters. The van der Waals surface area contributed by atoms with Gasteiger partial charge in [0.2, 0.25) is 0 Å². The highest BCUT2D eigenvalue weighted by Crippen LogP contribution is 2.22. The maximum absolute atomic E-state index is 12.2. The molecule has 0 aromatic carbocycles. The Morgan fingerprint density at radius 1 is 1.24 bits per heavy atom. The lowest BCUT2D eigenvalue weighted by atomic mass is 9.93. The highest BCUT2D eigenvalue weighted by molar-refractivity contribution is 5.69. The van der Waals surface area contributed by atoms with Crippen molar-refractivity contribution < 1.29 is 14.6 Å². The van der Waals surface area contributed by atoms with E-state index >= 15 is 0 Å². The highest BCUT2D eigenvalue weighted by atomic mass is 16.6. The van der Waals surface area contributed by atoms with Crippen molar-refractivity contribution in [1.82, 2.24) is 10.2 Å². The maximum atomic E-state index is 12.2. The van der Waals surface area contributed by atoms with E-state index in [1.807, 2.05) is 25.7 Å². The third kappa shape index (κ3) is 5.15. The fourth-order valence-electron chi connectivity index (χ4n) is 3.19. The van der Waals surface area contributed by atoms with Gasteiger partial charge in [-0.25, -0.2) is 4.79 Å². The van der Waals surface area contributed by atoms with Crippen LogP contribution < -0.4 is 5.32 Å². The predicted octanol–water partition coefficient (Wildman–Crippen LogP) is 2.28. The van der Waals surface area contributed by atoms with Crippen molar-refractivity contribution >= 4 is 6.09 Å². The summed E-state index contributed by atoms with van der Waals surface area (Å²) in [5, 5.41) is 13.1. The molecular weight excluding hydrogens is 268 g/mol. The van der Waals surface area contributed by atoms with E-state index in [0.717, 1.165) is 51.6 Å². The Morgan fingerprint density at radius 2 is 1.90 bits per heavy atom. The van der Waals surface area contributed by atoms with Crippen molar-refractivity contribution in [3.8, 4) is 0 Å². The first kappa shape index (κ1) is 16.6. The molecule has 0 aromatic rings. The molecule has 2 aliphatic rings. The van der Waals surface area contributed by atoms with Crippen molar-refractivity contribution in [3.63, 3.8) is 0 Å². The second-order valence-corrected chi connectivity index (χ2v) is 7.38. The zero-order chi connectivity index (χ0) is 15.5. The molecular formula is C16H30N2O3. The summed E-state index contributed by atoms with van der Waals surface area (Å²) in [5.74, 6) is 0. The fraction of sp³-hybridized carbons (Fsp3) is 0.938. The van der Waals surface area contributed by atoms with E-state index in [2.05, 4.69) is 5.32 Å². The number of aliphatic hydroxyl groups excluding tert-OH is 1. The third-order valence-corrected chi connectivity index (χ3v) is 4.34. The van der Waals surface area contributed by atoms with E-state index in [-0.39, 0.29) is 18.2 Å². The van der Waals surface area contributed by atoms with Crippen LogP contribution in [0.25, 0.3) is 0 Å². The predicted molar refractivity (Wildman–Crippen MR) is 82.2 cm³/mol. The van der Waals surface area contributed by atoms with Gasteiger partial charge in [0.25, 0.3) is 0 Å². The number of amides is 1. The Morgan fingerprint density at radius 3 is 2.52 bits per heavy atom. The Hall–Kier alpha value is -0.810. The second kappa shape index (κ2) is 6.97. The molecule has 5 nitrogen and oxygen atoms in total. The minimum Gasteiger partial charge on any atom is -0.444 e. The van der Waals surface area contributed by atoms with Crippen molar-refractivity contribution in [3.05, 3.63) is 0 Å². The normalized spacial score (nSPS) is 30.5. The number of nitrogens with zero attached hydrogens (tertiary/aromatic N) is 1. The van der Waals surface area contributed by atoms with Crippen LogP contribution in [0.5, 0.6) is 0 Å². The Kier molecular flexibility index (Phi) is 5.49. The minimum atomic E-state index is -0.433. The van der Waals surface area contributed by atoms with Gasteiger partial charge in [0, 0.05) is 25.2 Å². The number of ether oxygens (including phenoxy) is 1. The fourth-order valence-corrected chi connectivity index (χ4v) is 3.19. The molecule has 1 amide bonds. The summed E-state index contributed by atoms with van der Waals surface area (Å²) >= 11 is 0. The van der Waals surface area contributed by atoms with Gasteiger partial charge in [0.15, 0.2) is 0 Å². The van der Waals surface area contributed by atoms with Crippen LogP contribution in [0.4, 0.5) is 4.79 Å². The first-order valence-electron chi connectivity index (χ1n) is 8.26. The number of likely N-dealkylation sites (tertiary alicyclic amines) is 1. The van der Waals surface area contributed by atoms with Crippen molar-refractivity contribution in [2.24, 2.45) is 0 Å². The van der Waals surface area contributed by atoms with Crippen LogP contribution in [0.3, 0.4) is 0 Å². The quantitative estimate of drug-likeness (QED) is 0.839. The van der Waals surface area contributed by atoms with E-state index in [9.17, 15) is 9.90 Å². The second-order valence-electron chi connectivity index (χ2n) is 7.38. The van der Waals surface area contributed by atoms with Crippen LogP contribution in [0.2, 0.25) is 0 Å². The standard InChI is InChI=1S/C16H30N2O3/c1-16(2,3)21-15(20)18-10-4-5-13(18)11-17-12-6-8-14(19)9-7-12/h12-14,17,19H,4-11H2,1-3H3. The highest BCUT2D eigenvalue weighted by Gasteiger charge is 2.32. The number of aliphatic hydroxyl groups is 1. The van der Waals surface area contributed by atoms with Crippen LogP contribution in [-0.4, -0.2) is 53.0 Å². The molecule has 2 fully saturated rings. The molecule has 122 valence electrons. The molecule has 5 heteroatoms. The molecule has 0 radical (unpaired) electrons. The first-order chi connectivity index (χ1) is 9.85. The van der Waals surface area contributed by atoms with Gasteiger partial charge in [-0.3, -0.25) is 0 Å². The van der Waals surface area contributed by atoms with E-state index in [1.165, 1.54) is 0 Å². The molecule has 0 spiro atoms. The zero-order valence-corrected chi connectivity index (χ0v) is 13.6. The lowest BCUT2D eigenvalue weighted by Gasteiger charge is -2.31. The average Bonchev–Trinajstić information content (AvgIpc) is 2.84. The van der Waals surface area contributed by atoms with Crippen molar-refractivity contribution in [2.45, 2.75) is 83.1 Å². The smallest absolute Gasteiger partial charge is 0.410 e. The van der Waals surface area contributed by atoms with Gasteiger partial charge in [0.1, 0.15) is 5.60 Å². The lowest BCUT2D eigenvalue weighted by molar-refractivity contribution is 0.0222.